The second-order valence-corrected chi connectivity index (χ2v) is 9.37. The summed E-state index contributed by atoms with van der Waals surface area (Å²) < 4.78 is 79.5. The predicted octanol–water partition coefficient (Wildman–Crippen LogP) is 3.96. The van der Waals surface area contributed by atoms with Crippen LogP contribution >= 0.6 is 11.6 Å². The lowest BCUT2D eigenvalue weighted by Gasteiger charge is -2.11. The van der Waals surface area contributed by atoms with Crippen molar-refractivity contribution >= 4 is 43.7 Å². The van der Waals surface area contributed by atoms with Crippen LogP contribution in [0.25, 0.3) is 22.7 Å². The Kier molecular flexibility index (Phi) is 5.14. The van der Waals surface area contributed by atoms with E-state index in [4.69, 9.17) is 16.0 Å². The first-order valence-corrected chi connectivity index (χ1v) is 10.5. The summed E-state index contributed by atoms with van der Waals surface area (Å²) in [6.45, 7) is 1.45. The fraction of sp³-hybridized carbons (Fsp3) is 0.200. The molecule has 0 radical (unpaired) electrons. The zero-order valence-electron chi connectivity index (χ0n) is 13.4. The van der Waals surface area contributed by atoms with Crippen LogP contribution in [0.4, 0.5) is 13.2 Å². The van der Waals surface area contributed by atoms with Gasteiger partial charge in [-0.05, 0) is 12.1 Å². The van der Waals surface area contributed by atoms with Gasteiger partial charge in [0.2, 0.25) is 5.89 Å². The minimum absolute atomic E-state index is 0.0694. The maximum Gasteiger partial charge on any atom is 0.578 e. The van der Waals surface area contributed by atoms with Crippen molar-refractivity contribution in [2.75, 3.05) is 5.75 Å². The van der Waals surface area contributed by atoms with Crippen molar-refractivity contribution in [1.82, 2.24) is 9.97 Å². The summed E-state index contributed by atoms with van der Waals surface area (Å²) in [4.78, 5) is 7.24. The molecule has 1 atom stereocenters. The molecule has 6 nitrogen and oxygen atoms in total. The summed E-state index contributed by atoms with van der Waals surface area (Å²) in [5.41, 5.74) is -5.23. The quantitative estimate of drug-likeness (QED) is 0.572. The SMILES string of the molecule is CCS(=O)(=O)c1cccnc1-c1nc2cc([S+]([O-])C(F)(F)F)cc(Cl)c2o1. The van der Waals surface area contributed by atoms with E-state index >= 15 is 0 Å². The minimum Gasteiger partial charge on any atom is -0.604 e. The van der Waals surface area contributed by atoms with E-state index < -0.39 is 31.4 Å². The Balaban J connectivity index is 2.19. The predicted molar refractivity (Wildman–Crippen MR) is 92.4 cm³/mol. The maximum atomic E-state index is 12.7. The number of hydrogen-bond donors (Lipinski definition) is 0. The Morgan fingerprint density at radius 1 is 1.33 bits per heavy atom. The van der Waals surface area contributed by atoms with Crippen molar-refractivity contribution in [3.8, 4) is 11.6 Å². The normalized spacial score (nSPS) is 13.9. The summed E-state index contributed by atoms with van der Waals surface area (Å²) in [5, 5.41) is -0.241. The van der Waals surface area contributed by atoms with E-state index in [0.717, 1.165) is 12.1 Å². The summed E-state index contributed by atoms with van der Waals surface area (Å²) in [6, 6.07) is 4.54. The van der Waals surface area contributed by atoms with Gasteiger partial charge < -0.3 is 8.97 Å². The van der Waals surface area contributed by atoms with Crippen LogP contribution in [0.2, 0.25) is 5.02 Å². The van der Waals surface area contributed by atoms with E-state index in [1.807, 2.05) is 0 Å². The number of nitrogens with zero attached hydrogens (tertiary/aromatic N) is 2. The largest absolute Gasteiger partial charge is 0.604 e. The maximum absolute atomic E-state index is 12.7. The molecule has 3 rings (SSSR count). The first-order chi connectivity index (χ1) is 12.5. The van der Waals surface area contributed by atoms with Gasteiger partial charge in [-0.3, -0.25) is 0 Å². The number of sulfone groups is 1. The number of aromatic nitrogens is 2. The number of pyridine rings is 1. The molecule has 144 valence electrons. The fourth-order valence-corrected chi connectivity index (χ4v) is 4.33. The molecule has 1 aromatic carbocycles. The molecule has 12 heteroatoms. The second kappa shape index (κ2) is 6.97. The Hall–Kier alpha value is -1.82. The van der Waals surface area contributed by atoms with Gasteiger partial charge in [0.25, 0.3) is 0 Å². The highest BCUT2D eigenvalue weighted by Gasteiger charge is 2.46. The Morgan fingerprint density at radius 2 is 2.04 bits per heavy atom. The number of rotatable bonds is 4. The van der Waals surface area contributed by atoms with Gasteiger partial charge in [-0.1, -0.05) is 18.5 Å². The number of oxazole rings is 1. The van der Waals surface area contributed by atoms with Crippen molar-refractivity contribution in [3.05, 3.63) is 35.5 Å². The van der Waals surface area contributed by atoms with Gasteiger partial charge in [-0.15, -0.1) is 13.2 Å². The molecule has 0 fully saturated rings. The van der Waals surface area contributed by atoms with Crippen molar-refractivity contribution < 1.29 is 30.6 Å². The third-order valence-electron chi connectivity index (χ3n) is 3.53. The monoisotopic (exact) mass is 438 g/mol. The Morgan fingerprint density at radius 3 is 2.67 bits per heavy atom. The van der Waals surface area contributed by atoms with Crippen LogP contribution in [-0.2, 0) is 21.0 Å². The lowest BCUT2D eigenvalue weighted by molar-refractivity contribution is -0.0435. The van der Waals surface area contributed by atoms with E-state index in [1.54, 1.807) is 0 Å². The van der Waals surface area contributed by atoms with Crippen LogP contribution in [-0.4, -0.2) is 34.2 Å². The standard InChI is InChI=1S/C15H10ClF3N2O4S2/c1-2-27(23,24)11-4-3-5-20-12(11)14-21-10-7-8(26(22)15(17,18)19)6-9(16)13(10)25-14/h3-7H,2H2,1H3. The third-order valence-corrected chi connectivity index (χ3v) is 6.66. The number of hydrogen-bond acceptors (Lipinski definition) is 6. The Bertz CT molecular complexity index is 1120. The van der Waals surface area contributed by atoms with Crippen LogP contribution < -0.4 is 0 Å². The van der Waals surface area contributed by atoms with Gasteiger partial charge in [0, 0.05) is 18.3 Å². The zero-order chi connectivity index (χ0) is 20.0. The molecule has 0 N–H and O–H groups in total. The van der Waals surface area contributed by atoms with Crippen LogP contribution in [0, 0.1) is 0 Å². The molecule has 2 heterocycles. The van der Waals surface area contributed by atoms with Gasteiger partial charge >= 0.3 is 5.51 Å². The highest BCUT2D eigenvalue weighted by Crippen LogP contribution is 2.37. The van der Waals surface area contributed by atoms with Gasteiger partial charge in [0.15, 0.2) is 20.3 Å². The van der Waals surface area contributed by atoms with Crippen LogP contribution in [0.1, 0.15) is 6.92 Å². The van der Waals surface area contributed by atoms with E-state index in [2.05, 4.69) is 9.97 Å². The van der Waals surface area contributed by atoms with Crippen molar-refractivity contribution in [2.45, 2.75) is 22.2 Å². The molecule has 0 amide bonds. The molecule has 0 aliphatic rings. The van der Waals surface area contributed by atoms with Crippen molar-refractivity contribution in [2.24, 2.45) is 0 Å². The van der Waals surface area contributed by atoms with Crippen molar-refractivity contribution in [1.29, 1.82) is 0 Å². The molecule has 0 bridgehead atoms. The number of alkyl halides is 3. The highest BCUT2D eigenvalue weighted by atomic mass is 35.5. The molecule has 3 aromatic rings. The number of benzene rings is 1. The number of halogens is 4. The zero-order valence-corrected chi connectivity index (χ0v) is 15.8. The van der Waals surface area contributed by atoms with E-state index in [1.165, 1.54) is 25.3 Å². The lowest BCUT2D eigenvalue weighted by Crippen LogP contribution is -2.23. The van der Waals surface area contributed by atoms with E-state index in [0.29, 0.717) is 0 Å². The molecule has 0 spiro atoms. The summed E-state index contributed by atoms with van der Waals surface area (Å²) in [7, 11) is -3.66. The van der Waals surface area contributed by atoms with Gasteiger partial charge in [0.05, 0.1) is 26.8 Å². The number of fused-ring (bicyclic) bond motifs is 1. The van der Waals surface area contributed by atoms with Crippen molar-refractivity contribution in [3.63, 3.8) is 0 Å². The van der Waals surface area contributed by atoms with Gasteiger partial charge in [0.1, 0.15) is 11.2 Å². The fourth-order valence-electron chi connectivity index (χ4n) is 2.27. The van der Waals surface area contributed by atoms with Crippen LogP contribution in [0.3, 0.4) is 0 Å². The molecular weight excluding hydrogens is 429 g/mol. The summed E-state index contributed by atoms with van der Waals surface area (Å²) in [5.74, 6) is -0.420. The Labute approximate surface area is 159 Å². The molecular formula is C15H10ClF3N2O4S2. The first-order valence-electron chi connectivity index (χ1n) is 7.31. The van der Waals surface area contributed by atoms with Crippen LogP contribution in [0.15, 0.2) is 44.7 Å². The lowest BCUT2D eigenvalue weighted by atomic mass is 10.3. The third kappa shape index (κ3) is 3.77. The summed E-state index contributed by atoms with van der Waals surface area (Å²) >= 11 is 2.64. The highest BCUT2D eigenvalue weighted by molar-refractivity contribution is 7.92. The molecule has 0 saturated heterocycles. The topological polar surface area (TPSA) is 96.1 Å². The molecule has 0 aliphatic heterocycles. The minimum atomic E-state index is -4.97. The van der Waals surface area contributed by atoms with Gasteiger partial charge in [-0.2, -0.15) is 0 Å². The second-order valence-electron chi connectivity index (χ2n) is 5.24. The molecule has 0 saturated carbocycles. The first kappa shape index (κ1) is 19.9. The summed E-state index contributed by atoms with van der Waals surface area (Å²) in [6.07, 6.45) is 1.32. The van der Waals surface area contributed by atoms with Gasteiger partial charge in [-0.25, -0.2) is 18.4 Å². The average molecular weight is 439 g/mol. The van der Waals surface area contributed by atoms with E-state index in [9.17, 15) is 26.1 Å². The molecule has 1 unspecified atom stereocenters. The average Bonchev–Trinajstić information content (AvgIpc) is 3.05. The molecule has 2 aromatic heterocycles. The molecule has 27 heavy (non-hydrogen) atoms. The van der Waals surface area contributed by atoms with E-state index in [-0.39, 0.29) is 38.4 Å². The van der Waals surface area contributed by atoms with Crippen LogP contribution in [0.5, 0.6) is 0 Å². The smallest absolute Gasteiger partial charge is 0.578 e. The molecule has 0 aliphatic carbocycles.